The topological polar surface area (TPSA) is 87.9 Å². The highest BCUT2D eigenvalue weighted by molar-refractivity contribution is 5.82. The van der Waals surface area contributed by atoms with E-state index in [9.17, 15) is 22.8 Å². The lowest BCUT2D eigenvalue weighted by Gasteiger charge is -2.38. The summed E-state index contributed by atoms with van der Waals surface area (Å²) in [5.74, 6) is -1.81. The number of alkyl halides is 3. The maximum Gasteiger partial charge on any atom is 0.471 e. The summed E-state index contributed by atoms with van der Waals surface area (Å²) in [6.07, 6.45) is -4.29. The summed E-state index contributed by atoms with van der Waals surface area (Å²) >= 11 is 0. The number of carbonyl (C=O) groups is 2. The number of carbonyl (C=O) groups excluding carboxylic acids is 2. The fourth-order valence-corrected chi connectivity index (χ4v) is 3.92. The van der Waals surface area contributed by atoms with Crippen LogP contribution in [0.4, 0.5) is 29.3 Å². The van der Waals surface area contributed by atoms with Crippen LogP contribution in [0.1, 0.15) is 66.9 Å². The van der Waals surface area contributed by atoms with Crippen LogP contribution < -0.4 is 11.1 Å². The second kappa shape index (κ2) is 10.5. The largest absolute Gasteiger partial charge is 0.471 e. The molecule has 2 atom stereocenters. The lowest BCUT2D eigenvalue weighted by Crippen LogP contribution is -2.47. The predicted octanol–water partition coefficient (Wildman–Crippen LogP) is 5.41. The van der Waals surface area contributed by atoms with E-state index < -0.39 is 29.8 Å². The molecule has 0 radical (unpaired) electrons. The first-order valence-electron chi connectivity index (χ1n) is 11.9. The van der Waals surface area contributed by atoms with Crippen molar-refractivity contribution in [3.8, 4) is 0 Å². The summed E-state index contributed by atoms with van der Waals surface area (Å²) in [5, 5.41) is 3.08. The minimum atomic E-state index is -4.88. The van der Waals surface area contributed by atoms with Crippen LogP contribution in [-0.4, -0.2) is 58.8 Å². The first-order valence-corrected chi connectivity index (χ1v) is 11.9. The zero-order chi connectivity index (χ0) is 26.8. The molecule has 1 aliphatic heterocycles. The molecule has 1 aliphatic rings. The Morgan fingerprint density at radius 1 is 1.20 bits per heavy atom. The molecule has 35 heavy (non-hydrogen) atoms. The highest BCUT2D eigenvalue weighted by Crippen LogP contribution is 2.30. The van der Waals surface area contributed by atoms with Crippen molar-refractivity contribution in [3.63, 3.8) is 0 Å². The summed E-state index contributed by atoms with van der Waals surface area (Å²) < 4.78 is 44.2. The summed E-state index contributed by atoms with van der Waals surface area (Å²) in [5.41, 5.74) is 7.16. The van der Waals surface area contributed by atoms with E-state index in [1.165, 1.54) is 0 Å². The number of likely N-dealkylation sites (tertiary alicyclic amines) is 1. The Balaban J connectivity index is 2.13. The van der Waals surface area contributed by atoms with E-state index in [1.807, 2.05) is 54.5 Å². The number of amides is 2. The number of anilines is 2. The Morgan fingerprint density at radius 3 is 2.34 bits per heavy atom. The molecule has 0 bridgehead atoms. The normalized spacial score (nSPS) is 17.8. The van der Waals surface area contributed by atoms with Crippen LogP contribution in [0.3, 0.4) is 0 Å². The molecule has 0 aliphatic carbocycles. The Labute approximate surface area is 206 Å². The van der Waals surface area contributed by atoms with Crippen LogP contribution in [-0.2, 0) is 16.1 Å². The van der Waals surface area contributed by atoms with Gasteiger partial charge in [0, 0.05) is 31.7 Å². The lowest BCUT2D eigenvalue weighted by molar-refractivity contribution is -0.186. The van der Waals surface area contributed by atoms with Crippen LogP contribution in [0.15, 0.2) is 18.2 Å². The van der Waals surface area contributed by atoms with Crippen molar-refractivity contribution < 1.29 is 27.5 Å². The third-order valence-corrected chi connectivity index (χ3v) is 6.23. The van der Waals surface area contributed by atoms with E-state index in [1.54, 1.807) is 17.0 Å². The summed E-state index contributed by atoms with van der Waals surface area (Å²) in [7, 11) is 0. The molecule has 0 aromatic heterocycles. The average molecular weight is 501 g/mol. The van der Waals surface area contributed by atoms with Crippen molar-refractivity contribution in [2.45, 2.75) is 91.7 Å². The zero-order valence-corrected chi connectivity index (χ0v) is 21.8. The lowest BCUT2D eigenvalue weighted by atomic mass is 9.87. The van der Waals surface area contributed by atoms with E-state index in [0.717, 1.165) is 10.5 Å². The summed E-state index contributed by atoms with van der Waals surface area (Å²) in [4.78, 5) is 27.2. The van der Waals surface area contributed by atoms with E-state index in [4.69, 9.17) is 10.5 Å². The van der Waals surface area contributed by atoms with Gasteiger partial charge in [0.05, 0.1) is 11.4 Å². The first-order chi connectivity index (χ1) is 15.9. The number of nitrogens with two attached hydrogens (primary N) is 1. The maximum absolute atomic E-state index is 13.0. The quantitative estimate of drug-likeness (QED) is 0.510. The Kier molecular flexibility index (Phi) is 8.61. The van der Waals surface area contributed by atoms with Gasteiger partial charge < -0.3 is 25.6 Å². The van der Waals surface area contributed by atoms with Gasteiger partial charge in [0.25, 0.3) is 0 Å². The fourth-order valence-electron chi connectivity index (χ4n) is 3.92. The van der Waals surface area contributed by atoms with Gasteiger partial charge in [-0.05, 0) is 63.6 Å². The van der Waals surface area contributed by atoms with Gasteiger partial charge >= 0.3 is 18.2 Å². The van der Waals surface area contributed by atoms with Crippen LogP contribution in [0.2, 0.25) is 0 Å². The molecule has 3 N–H and O–H groups in total. The molecule has 1 unspecified atom stereocenters. The number of benzene rings is 1. The molecular formula is C25H39F3N4O3. The highest BCUT2D eigenvalue weighted by Gasteiger charge is 2.45. The minimum absolute atomic E-state index is 0.0889. The molecule has 2 amide bonds. The molecule has 10 heteroatoms. The third kappa shape index (κ3) is 7.93. The summed E-state index contributed by atoms with van der Waals surface area (Å²) in [6.45, 7) is 14.1. The number of rotatable bonds is 6. The van der Waals surface area contributed by atoms with Gasteiger partial charge in [-0.1, -0.05) is 26.8 Å². The fraction of sp³-hybridized carbons (Fsp3) is 0.680. The number of hydrogen-bond donors (Lipinski definition) is 2. The van der Waals surface area contributed by atoms with Crippen LogP contribution in [0.5, 0.6) is 0 Å². The number of nitrogens with zero attached hydrogens (tertiary/aromatic N) is 2. The van der Waals surface area contributed by atoms with Crippen molar-refractivity contribution in [1.82, 2.24) is 9.80 Å². The number of halogens is 3. The Morgan fingerprint density at radius 2 is 1.83 bits per heavy atom. The van der Waals surface area contributed by atoms with Crippen molar-refractivity contribution in [1.29, 1.82) is 0 Å². The van der Waals surface area contributed by atoms with Gasteiger partial charge in [0.15, 0.2) is 0 Å². The van der Waals surface area contributed by atoms with E-state index in [-0.39, 0.29) is 31.1 Å². The van der Waals surface area contributed by atoms with Crippen molar-refractivity contribution in [2.24, 2.45) is 5.41 Å². The van der Waals surface area contributed by atoms with E-state index in [0.29, 0.717) is 24.2 Å². The molecule has 1 heterocycles. The van der Waals surface area contributed by atoms with E-state index in [2.05, 4.69) is 5.32 Å². The van der Waals surface area contributed by atoms with Crippen LogP contribution in [0.25, 0.3) is 0 Å². The molecule has 2 rings (SSSR count). The summed E-state index contributed by atoms with van der Waals surface area (Å²) in [6, 6.07) is 4.61. The number of hydrogen-bond acceptors (Lipinski definition) is 5. The maximum atomic E-state index is 13.0. The molecule has 0 spiro atoms. The standard InChI is InChI=1S/C25H39F3N4O3/c1-16(23(2,3)4)32(22(34)35-24(5,6)7)15-17-10-11-20(19(29)13-17)30-14-18-9-8-12-31(18)21(33)25(26,27)28/h10-11,13,16,18,30H,8-9,12,14-15,29H2,1-7H3/t16-,18?/m0/s1. The molecule has 1 saturated heterocycles. The van der Waals surface area contributed by atoms with Crippen molar-refractivity contribution in [2.75, 3.05) is 24.1 Å². The molecule has 0 saturated carbocycles. The monoisotopic (exact) mass is 500 g/mol. The van der Waals surface area contributed by atoms with Gasteiger partial charge in [-0.25, -0.2) is 4.79 Å². The Hall–Kier alpha value is -2.65. The Bertz CT molecular complexity index is 907. The second-order valence-electron chi connectivity index (χ2n) is 11.2. The molecular weight excluding hydrogens is 461 g/mol. The van der Waals surface area contributed by atoms with Gasteiger partial charge in [-0.2, -0.15) is 13.2 Å². The molecule has 1 aromatic carbocycles. The van der Waals surface area contributed by atoms with Gasteiger partial charge in [-0.3, -0.25) is 4.79 Å². The zero-order valence-electron chi connectivity index (χ0n) is 21.8. The minimum Gasteiger partial charge on any atom is -0.444 e. The molecule has 7 nitrogen and oxygen atoms in total. The van der Waals surface area contributed by atoms with Crippen LogP contribution >= 0.6 is 0 Å². The SMILES string of the molecule is C[C@H](N(Cc1ccc(NCC2CCCN2C(=O)C(F)(F)F)c(N)c1)C(=O)OC(C)(C)C)C(C)(C)C. The number of nitrogens with one attached hydrogen (secondary N) is 1. The second-order valence-corrected chi connectivity index (χ2v) is 11.2. The van der Waals surface area contributed by atoms with Crippen molar-refractivity contribution >= 4 is 23.4 Å². The van der Waals surface area contributed by atoms with Crippen molar-refractivity contribution in [3.05, 3.63) is 23.8 Å². The predicted molar refractivity (Wildman–Crippen MR) is 131 cm³/mol. The first kappa shape index (κ1) is 28.6. The van der Waals surface area contributed by atoms with Gasteiger partial charge in [-0.15, -0.1) is 0 Å². The number of ether oxygens (including phenoxy) is 1. The van der Waals surface area contributed by atoms with Crippen LogP contribution in [0, 0.1) is 5.41 Å². The number of nitrogen functional groups attached to an aromatic ring is 1. The average Bonchev–Trinajstić information content (AvgIpc) is 3.15. The molecule has 1 aromatic rings. The van der Waals surface area contributed by atoms with Gasteiger partial charge in [0.2, 0.25) is 0 Å². The molecule has 198 valence electrons. The molecule has 1 fully saturated rings. The highest BCUT2D eigenvalue weighted by atomic mass is 19.4. The third-order valence-electron chi connectivity index (χ3n) is 6.23. The van der Waals surface area contributed by atoms with E-state index >= 15 is 0 Å². The van der Waals surface area contributed by atoms with Gasteiger partial charge in [0.1, 0.15) is 5.60 Å². The smallest absolute Gasteiger partial charge is 0.444 e.